The van der Waals surface area contributed by atoms with Crippen molar-refractivity contribution in [3.63, 3.8) is 0 Å². The predicted molar refractivity (Wildman–Crippen MR) is 79.1 cm³/mol. The molecule has 1 aliphatic heterocycles. The molecule has 112 valence electrons. The summed E-state index contributed by atoms with van der Waals surface area (Å²) >= 11 is 0. The molecule has 2 atom stereocenters. The molecule has 0 bridgehead atoms. The Kier molecular flexibility index (Phi) is 5.32. The van der Waals surface area contributed by atoms with Gasteiger partial charge in [0.15, 0.2) is 0 Å². The van der Waals surface area contributed by atoms with Crippen LogP contribution >= 0.6 is 0 Å². The third-order valence-corrected chi connectivity index (χ3v) is 3.51. The molecule has 1 saturated heterocycles. The van der Waals surface area contributed by atoms with Gasteiger partial charge in [-0.25, -0.2) is 4.39 Å². The summed E-state index contributed by atoms with van der Waals surface area (Å²) in [6.07, 6.45) is 1.36. The fourth-order valence-electron chi connectivity index (χ4n) is 2.42. The number of hydrogen-bond acceptors (Lipinski definition) is 3. The van der Waals surface area contributed by atoms with Gasteiger partial charge in [-0.2, -0.15) is 0 Å². The van der Waals surface area contributed by atoms with Crippen molar-refractivity contribution in [3.8, 4) is 11.8 Å². The normalized spacial score (nSPS) is 20.7. The number of hydrogen-bond donors (Lipinski definition) is 2. The number of amides is 1. The third kappa shape index (κ3) is 3.81. The second-order valence-corrected chi connectivity index (χ2v) is 4.90. The minimum atomic E-state index is -0.501. The number of anilines is 1. The number of ether oxygens (including phenoxy) is 1. The lowest BCUT2D eigenvalue weighted by molar-refractivity contribution is -0.121. The molecule has 0 radical (unpaired) electrons. The van der Waals surface area contributed by atoms with E-state index in [1.807, 2.05) is 6.92 Å². The van der Waals surface area contributed by atoms with Crippen LogP contribution in [-0.2, 0) is 9.53 Å². The molecule has 1 aromatic carbocycles. The molecule has 21 heavy (non-hydrogen) atoms. The Bertz CT molecular complexity index is 577. The first-order valence-electron chi connectivity index (χ1n) is 7.06. The van der Waals surface area contributed by atoms with Crippen LogP contribution in [0.25, 0.3) is 0 Å². The highest BCUT2D eigenvalue weighted by Gasteiger charge is 2.33. The fourth-order valence-corrected chi connectivity index (χ4v) is 2.42. The lowest BCUT2D eigenvalue weighted by Gasteiger charge is -2.16. The second-order valence-electron chi connectivity index (χ2n) is 4.90. The first-order chi connectivity index (χ1) is 10.2. The molecule has 1 heterocycles. The summed E-state index contributed by atoms with van der Waals surface area (Å²) in [5.41, 5.74) is 5.97. The van der Waals surface area contributed by atoms with Gasteiger partial charge in [-0.05, 0) is 31.0 Å². The molecule has 2 rings (SSSR count). The lowest BCUT2D eigenvalue weighted by Crippen LogP contribution is -2.29. The van der Waals surface area contributed by atoms with Crippen LogP contribution in [0.3, 0.4) is 0 Å². The molecule has 1 aromatic rings. The zero-order valence-electron chi connectivity index (χ0n) is 12.0. The van der Waals surface area contributed by atoms with Crippen LogP contribution in [0.4, 0.5) is 10.1 Å². The van der Waals surface area contributed by atoms with E-state index in [0.29, 0.717) is 18.6 Å². The fraction of sp³-hybridized carbons (Fsp3) is 0.438. The molecular weight excluding hydrogens is 271 g/mol. The second kappa shape index (κ2) is 7.21. The molecule has 2 unspecified atom stereocenters. The quantitative estimate of drug-likeness (QED) is 0.836. The summed E-state index contributed by atoms with van der Waals surface area (Å²) in [7, 11) is 0. The average molecular weight is 290 g/mol. The van der Waals surface area contributed by atoms with Crippen molar-refractivity contribution in [2.75, 3.05) is 18.5 Å². The van der Waals surface area contributed by atoms with Gasteiger partial charge < -0.3 is 15.8 Å². The summed E-state index contributed by atoms with van der Waals surface area (Å²) < 4.78 is 19.4. The van der Waals surface area contributed by atoms with Crippen molar-refractivity contribution in [2.24, 2.45) is 11.7 Å². The van der Waals surface area contributed by atoms with E-state index in [1.165, 1.54) is 12.1 Å². The van der Waals surface area contributed by atoms with Crippen LogP contribution in [0.1, 0.15) is 25.3 Å². The SMILES string of the molecule is CCC1OCCC1C(=O)Nc1ccc(C#CCN)cc1F. The molecule has 3 N–H and O–H groups in total. The molecule has 1 aliphatic rings. The van der Waals surface area contributed by atoms with Crippen molar-refractivity contribution in [1.29, 1.82) is 0 Å². The van der Waals surface area contributed by atoms with Crippen molar-refractivity contribution in [3.05, 3.63) is 29.6 Å². The standard InChI is InChI=1S/C16H19FN2O2/c1-2-15-12(7-9-21-15)16(20)19-14-6-5-11(4-3-8-18)10-13(14)17/h5-6,10,12,15H,2,7-9,18H2,1H3,(H,19,20). The van der Waals surface area contributed by atoms with E-state index in [4.69, 9.17) is 10.5 Å². The third-order valence-electron chi connectivity index (χ3n) is 3.51. The van der Waals surface area contributed by atoms with Crippen LogP contribution in [0.2, 0.25) is 0 Å². The van der Waals surface area contributed by atoms with Gasteiger partial charge in [-0.1, -0.05) is 18.8 Å². The van der Waals surface area contributed by atoms with E-state index >= 15 is 0 Å². The monoisotopic (exact) mass is 290 g/mol. The van der Waals surface area contributed by atoms with Gasteiger partial charge in [0.25, 0.3) is 0 Å². The summed E-state index contributed by atoms with van der Waals surface area (Å²) in [5.74, 6) is 4.49. The maximum atomic E-state index is 14.0. The Morgan fingerprint density at radius 1 is 1.57 bits per heavy atom. The molecule has 4 nitrogen and oxygen atoms in total. The maximum absolute atomic E-state index is 14.0. The van der Waals surface area contributed by atoms with E-state index in [-0.39, 0.29) is 30.2 Å². The van der Waals surface area contributed by atoms with Crippen molar-refractivity contribution >= 4 is 11.6 Å². The van der Waals surface area contributed by atoms with Crippen molar-refractivity contribution in [2.45, 2.75) is 25.9 Å². The predicted octanol–water partition coefficient (Wildman–Crippen LogP) is 1.89. The highest BCUT2D eigenvalue weighted by atomic mass is 19.1. The summed E-state index contributed by atoms with van der Waals surface area (Å²) in [6, 6.07) is 4.47. The Labute approximate surface area is 123 Å². The Morgan fingerprint density at radius 3 is 3.05 bits per heavy atom. The Balaban J connectivity index is 2.07. The van der Waals surface area contributed by atoms with Gasteiger partial charge in [-0.15, -0.1) is 0 Å². The van der Waals surface area contributed by atoms with E-state index in [2.05, 4.69) is 17.2 Å². The minimum absolute atomic E-state index is 0.0808. The van der Waals surface area contributed by atoms with Crippen molar-refractivity contribution in [1.82, 2.24) is 0 Å². The molecule has 1 amide bonds. The minimum Gasteiger partial charge on any atom is -0.377 e. The van der Waals surface area contributed by atoms with E-state index in [9.17, 15) is 9.18 Å². The van der Waals surface area contributed by atoms with Crippen molar-refractivity contribution < 1.29 is 13.9 Å². The number of halogens is 1. The zero-order chi connectivity index (χ0) is 15.2. The van der Waals surface area contributed by atoms with Crippen LogP contribution in [0.15, 0.2) is 18.2 Å². The molecule has 0 spiro atoms. The number of carbonyl (C=O) groups excluding carboxylic acids is 1. The first kappa shape index (κ1) is 15.5. The maximum Gasteiger partial charge on any atom is 0.230 e. The molecule has 0 saturated carbocycles. The Morgan fingerprint density at radius 2 is 2.38 bits per heavy atom. The number of rotatable bonds is 3. The van der Waals surface area contributed by atoms with Crippen LogP contribution in [0.5, 0.6) is 0 Å². The van der Waals surface area contributed by atoms with E-state index in [1.54, 1.807) is 6.07 Å². The molecular formula is C16H19FN2O2. The van der Waals surface area contributed by atoms with Gasteiger partial charge in [0.1, 0.15) is 5.82 Å². The van der Waals surface area contributed by atoms with Gasteiger partial charge in [0, 0.05) is 12.2 Å². The topological polar surface area (TPSA) is 64.3 Å². The molecule has 0 aromatic heterocycles. The summed E-state index contributed by atoms with van der Waals surface area (Å²) in [5, 5.41) is 2.63. The van der Waals surface area contributed by atoms with Crippen LogP contribution in [0, 0.1) is 23.6 Å². The first-order valence-corrected chi connectivity index (χ1v) is 7.06. The molecule has 5 heteroatoms. The largest absolute Gasteiger partial charge is 0.377 e. The summed E-state index contributed by atoms with van der Waals surface area (Å²) in [4.78, 5) is 12.2. The number of nitrogens with one attached hydrogen (secondary N) is 1. The molecule has 0 aliphatic carbocycles. The zero-order valence-corrected chi connectivity index (χ0v) is 12.0. The number of benzene rings is 1. The van der Waals surface area contributed by atoms with Gasteiger partial charge in [0.05, 0.1) is 24.3 Å². The highest BCUT2D eigenvalue weighted by Crippen LogP contribution is 2.25. The van der Waals surface area contributed by atoms with Gasteiger partial charge in [0.2, 0.25) is 5.91 Å². The lowest BCUT2D eigenvalue weighted by atomic mass is 9.98. The highest BCUT2D eigenvalue weighted by molar-refractivity contribution is 5.93. The average Bonchev–Trinajstić information content (AvgIpc) is 2.96. The van der Waals surface area contributed by atoms with E-state index in [0.717, 1.165) is 6.42 Å². The number of carbonyl (C=O) groups is 1. The Hall–Kier alpha value is -1.90. The van der Waals surface area contributed by atoms with Crippen LogP contribution < -0.4 is 11.1 Å². The van der Waals surface area contributed by atoms with E-state index < -0.39 is 5.82 Å². The summed E-state index contributed by atoms with van der Waals surface area (Å²) in [6.45, 7) is 2.77. The van der Waals surface area contributed by atoms with Gasteiger partial charge in [-0.3, -0.25) is 4.79 Å². The van der Waals surface area contributed by atoms with Crippen LogP contribution in [-0.4, -0.2) is 25.2 Å². The number of nitrogens with two attached hydrogens (primary N) is 1. The molecule has 1 fully saturated rings. The smallest absolute Gasteiger partial charge is 0.230 e. The van der Waals surface area contributed by atoms with Gasteiger partial charge >= 0.3 is 0 Å².